The fraction of sp³-hybridized carbons (Fsp3) is 0.136. The van der Waals surface area contributed by atoms with Crippen molar-refractivity contribution in [2.24, 2.45) is 5.10 Å². The Balaban J connectivity index is 1.52. The van der Waals surface area contributed by atoms with Crippen LogP contribution in [-0.2, 0) is 0 Å². The maximum absolute atomic E-state index is 12.5. The first-order valence-corrected chi connectivity index (χ1v) is 10.3. The number of rotatable bonds is 5. The first kappa shape index (κ1) is 20.4. The zero-order valence-corrected chi connectivity index (χ0v) is 17.9. The van der Waals surface area contributed by atoms with Crippen molar-refractivity contribution in [1.29, 1.82) is 0 Å². The molecule has 1 aromatic carbocycles. The number of benzene rings is 1. The van der Waals surface area contributed by atoms with Gasteiger partial charge in [-0.1, -0.05) is 0 Å². The minimum absolute atomic E-state index is 0.00580. The lowest BCUT2D eigenvalue weighted by Crippen LogP contribution is -2.16. The molecule has 156 valence electrons. The van der Waals surface area contributed by atoms with Crippen molar-refractivity contribution in [3.05, 3.63) is 86.2 Å². The molecular weight excluding hydrogens is 414 g/mol. The Labute approximate surface area is 182 Å². The summed E-state index contributed by atoms with van der Waals surface area (Å²) in [5.41, 5.74) is 6.48. The van der Waals surface area contributed by atoms with Gasteiger partial charge in [-0.25, -0.2) is 10.4 Å². The summed E-state index contributed by atoms with van der Waals surface area (Å²) in [5.74, 6) is 0.465. The monoisotopic (exact) mass is 433 g/mol. The van der Waals surface area contributed by atoms with Gasteiger partial charge in [-0.2, -0.15) is 5.10 Å². The second-order valence-electron chi connectivity index (χ2n) is 7.14. The fourth-order valence-corrected chi connectivity index (χ4v) is 4.32. The normalized spacial score (nSPS) is 11.3. The fourth-order valence-electron chi connectivity index (χ4n) is 3.39. The number of carbonyl (C=O) groups is 1. The first-order chi connectivity index (χ1) is 14.8. The number of nitro groups is 1. The molecule has 31 heavy (non-hydrogen) atoms. The molecule has 0 saturated heterocycles. The number of thiophene rings is 1. The third kappa shape index (κ3) is 4.08. The second-order valence-corrected chi connectivity index (χ2v) is 8.23. The molecule has 4 rings (SSSR count). The van der Waals surface area contributed by atoms with Crippen LogP contribution in [0.25, 0.3) is 15.9 Å². The molecular formula is C22H19N5O3S. The Hall–Kier alpha value is -3.85. The molecule has 0 aliphatic carbocycles. The number of carbonyl (C=O) groups excluding carboxylic acids is 1. The molecule has 0 fully saturated rings. The van der Waals surface area contributed by atoms with Gasteiger partial charge in [-0.3, -0.25) is 14.9 Å². The van der Waals surface area contributed by atoms with Crippen LogP contribution in [0, 0.1) is 30.9 Å². The van der Waals surface area contributed by atoms with Gasteiger partial charge in [0.15, 0.2) is 0 Å². The highest BCUT2D eigenvalue weighted by Crippen LogP contribution is 2.29. The molecule has 3 aromatic heterocycles. The largest absolute Gasteiger partial charge is 0.303 e. The number of pyridine rings is 1. The van der Waals surface area contributed by atoms with Gasteiger partial charge in [0, 0.05) is 45.4 Å². The van der Waals surface area contributed by atoms with E-state index in [2.05, 4.69) is 15.5 Å². The number of fused-ring (bicyclic) bond motifs is 1. The quantitative estimate of drug-likeness (QED) is 0.280. The van der Waals surface area contributed by atoms with Gasteiger partial charge in [-0.05, 0) is 56.7 Å². The van der Waals surface area contributed by atoms with Crippen LogP contribution >= 0.6 is 11.3 Å². The molecule has 3 heterocycles. The summed E-state index contributed by atoms with van der Waals surface area (Å²) in [6, 6.07) is 12.1. The summed E-state index contributed by atoms with van der Waals surface area (Å²) in [4.78, 5) is 27.8. The van der Waals surface area contributed by atoms with E-state index in [9.17, 15) is 14.9 Å². The molecule has 8 nitrogen and oxygen atoms in total. The van der Waals surface area contributed by atoms with E-state index in [1.807, 2.05) is 43.5 Å². The Kier molecular flexibility index (Phi) is 5.35. The summed E-state index contributed by atoms with van der Waals surface area (Å²) < 4.78 is 2.84. The molecule has 0 saturated carbocycles. The SMILES string of the molecule is Cc1ccnc(-n2c(C)cc(C=NNC(=O)c3cc4cc([N+](=O)[O-])ccc4s3)c2C)c1. The molecule has 0 atom stereocenters. The van der Waals surface area contributed by atoms with E-state index in [-0.39, 0.29) is 11.6 Å². The molecule has 0 bridgehead atoms. The number of nitrogens with one attached hydrogen (secondary N) is 1. The maximum Gasteiger partial charge on any atom is 0.281 e. The van der Waals surface area contributed by atoms with Crippen molar-refractivity contribution < 1.29 is 9.72 Å². The van der Waals surface area contributed by atoms with E-state index in [4.69, 9.17) is 0 Å². The van der Waals surface area contributed by atoms with Crippen LogP contribution in [0.2, 0.25) is 0 Å². The van der Waals surface area contributed by atoms with Gasteiger partial charge in [0.2, 0.25) is 0 Å². The highest BCUT2D eigenvalue weighted by Gasteiger charge is 2.14. The number of amides is 1. The Morgan fingerprint density at radius 1 is 1.19 bits per heavy atom. The predicted octanol–water partition coefficient (Wildman–Crippen LogP) is 4.68. The van der Waals surface area contributed by atoms with Crippen LogP contribution < -0.4 is 5.43 Å². The Morgan fingerprint density at radius 2 is 2.00 bits per heavy atom. The zero-order chi connectivity index (χ0) is 22.1. The predicted molar refractivity (Wildman–Crippen MR) is 121 cm³/mol. The van der Waals surface area contributed by atoms with Gasteiger partial charge in [0.25, 0.3) is 11.6 Å². The molecule has 1 amide bonds. The van der Waals surface area contributed by atoms with Crippen LogP contribution in [0.4, 0.5) is 5.69 Å². The van der Waals surface area contributed by atoms with Crippen LogP contribution in [-0.4, -0.2) is 26.6 Å². The standard InChI is InChI=1S/C22H19N5O3S/c1-13-6-7-23-21(8-13)26-14(2)9-17(15(26)3)12-24-25-22(28)20-11-16-10-18(27(29)30)4-5-19(16)31-20/h4-12H,1-3H3,(H,25,28). The lowest BCUT2D eigenvalue weighted by atomic mass is 10.2. The van der Waals surface area contributed by atoms with E-state index in [0.717, 1.165) is 33.0 Å². The van der Waals surface area contributed by atoms with Crippen LogP contribution in [0.1, 0.15) is 32.2 Å². The third-order valence-electron chi connectivity index (χ3n) is 4.90. The minimum Gasteiger partial charge on any atom is -0.303 e. The first-order valence-electron chi connectivity index (χ1n) is 9.47. The van der Waals surface area contributed by atoms with Crippen molar-refractivity contribution in [2.75, 3.05) is 0 Å². The number of hydrazone groups is 1. The van der Waals surface area contributed by atoms with Crippen LogP contribution in [0.15, 0.2) is 53.8 Å². The number of nitrogens with zero attached hydrogens (tertiary/aromatic N) is 4. The lowest BCUT2D eigenvalue weighted by Gasteiger charge is -2.08. The van der Waals surface area contributed by atoms with Crippen molar-refractivity contribution in [1.82, 2.24) is 15.0 Å². The summed E-state index contributed by atoms with van der Waals surface area (Å²) in [5, 5.41) is 15.7. The molecule has 0 aliphatic heterocycles. The number of hydrogen-bond donors (Lipinski definition) is 1. The van der Waals surface area contributed by atoms with E-state index < -0.39 is 4.92 Å². The topological polar surface area (TPSA) is 102 Å². The number of hydrogen-bond acceptors (Lipinski definition) is 6. The van der Waals surface area contributed by atoms with Crippen molar-refractivity contribution in [3.63, 3.8) is 0 Å². The van der Waals surface area contributed by atoms with Gasteiger partial charge < -0.3 is 4.57 Å². The van der Waals surface area contributed by atoms with Gasteiger partial charge in [-0.15, -0.1) is 11.3 Å². The molecule has 0 aliphatic rings. The maximum atomic E-state index is 12.5. The highest BCUT2D eigenvalue weighted by atomic mass is 32.1. The minimum atomic E-state index is -0.454. The van der Waals surface area contributed by atoms with Crippen LogP contribution in [0.3, 0.4) is 0 Å². The number of nitro benzene ring substituents is 1. The van der Waals surface area contributed by atoms with Crippen molar-refractivity contribution in [3.8, 4) is 5.82 Å². The number of aryl methyl sites for hydroxylation is 2. The van der Waals surface area contributed by atoms with Crippen molar-refractivity contribution in [2.45, 2.75) is 20.8 Å². The second kappa shape index (κ2) is 8.11. The number of non-ortho nitro benzene ring substituents is 1. The summed E-state index contributed by atoms with van der Waals surface area (Å²) in [6.07, 6.45) is 3.38. The molecule has 1 N–H and O–H groups in total. The summed E-state index contributed by atoms with van der Waals surface area (Å²) in [6.45, 7) is 5.98. The Morgan fingerprint density at radius 3 is 2.74 bits per heavy atom. The van der Waals surface area contributed by atoms with Crippen molar-refractivity contribution >= 4 is 39.2 Å². The van der Waals surface area contributed by atoms with E-state index in [1.54, 1.807) is 24.5 Å². The van der Waals surface area contributed by atoms with E-state index in [1.165, 1.54) is 23.5 Å². The molecule has 0 unspecified atom stereocenters. The lowest BCUT2D eigenvalue weighted by molar-refractivity contribution is -0.384. The number of aromatic nitrogens is 2. The summed E-state index contributed by atoms with van der Waals surface area (Å²) >= 11 is 1.26. The van der Waals surface area contributed by atoms with Gasteiger partial charge >= 0.3 is 0 Å². The molecule has 0 radical (unpaired) electrons. The molecule has 0 spiro atoms. The Bertz CT molecular complexity index is 1350. The van der Waals surface area contributed by atoms with E-state index >= 15 is 0 Å². The third-order valence-corrected chi connectivity index (χ3v) is 6.02. The average molecular weight is 433 g/mol. The smallest absolute Gasteiger partial charge is 0.281 e. The van der Waals surface area contributed by atoms with Crippen LogP contribution in [0.5, 0.6) is 0 Å². The zero-order valence-electron chi connectivity index (χ0n) is 17.1. The average Bonchev–Trinajstić information content (AvgIpc) is 3.28. The van der Waals surface area contributed by atoms with Gasteiger partial charge in [0.1, 0.15) is 5.82 Å². The highest BCUT2D eigenvalue weighted by molar-refractivity contribution is 7.20. The van der Waals surface area contributed by atoms with Gasteiger partial charge in [0.05, 0.1) is 16.0 Å². The molecule has 9 heteroatoms. The summed E-state index contributed by atoms with van der Waals surface area (Å²) in [7, 11) is 0. The van der Waals surface area contributed by atoms with E-state index in [0.29, 0.717) is 10.3 Å². The molecule has 4 aromatic rings.